The Morgan fingerprint density at radius 1 is 1.33 bits per heavy atom. The zero-order valence-electron chi connectivity index (χ0n) is 12.1. The summed E-state index contributed by atoms with van der Waals surface area (Å²) in [6, 6.07) is 0.117. The van der Waals surface area contributed by atoms with E-state index in [9.17, 15) is 9.59 Å². The average molecular weight is 254 g/mol. The molecule has 0 aromatic carbocycles. The monoisotopic (exact) mass is 254 g/mol. The predicted octanol–water partition coefficient (Wildman–Crippen LogP) is 1.94. The van der Waals surface area contributed by atoms with Gasteiger partial charge in [-0.1, -0.05) is 27.7 Å². The number of likely N-dealkylation sites (tertiary alicyclic amines) is 1. The number of carbonyl (C=O) groups is 2. The van der Waals surface area contributed by atoms with Crippen molar-refractivity contribution in [2.75, 3.05) is 13.1 Å². The molecular weight excluding hydrogens is 228 g/mol. The molecule has 0 bridgehead atoms. The Bertz CT molecular complexity index is 307. The smallest absolute Gasteiger partial charge is 0.225 e. The summed E-state index contributed by atoms with van der Waals surface area (Å²) in [7, 11) is 0. The van der Waals surface area contributed by atoms with E-state index in [0.717, 1.165) is 25.8 Å². The van der Waals surface area contributed by atoms with Gasteiger partial charge in [0.15, 0.2) is 0 Å². The molecule has 1 unspecified atom stereocenters. The minimum Gasteiger partial charge on any atom is -0.351 e. The largest absolute Gasteiger partial charge is 0.351 e. The van der Waals surface area contributed by atoms with E-state index >= 15 is 0 Å². The first kappa shape index (κ1) is 15.0. The molecule has 4 heteroatoms. The SMILES string of the molecule is CCCC(=O)N1CCCC(NC(=O)C(C)(C)C)C1. The first-order chi connectivity index (χ1) is 8.34. The van der Waals surface area contributed by atoms with Crippen molar-refractivity contribution in [1.82, 2.24) is 10.2 Å². The van der Waals surface area contributed by atoms with Gasteiger partial charge in [-0.15, -0.1) is 0 Å². The second kappa shape index (κ2) is 6.21. The third kappa shape index (κ3) is 4.31. The van der Waals surface area contributed by atoms with E-state index in [1.165, 1.54) is 0 Å². The fourth-order valence-electron chi connectivity index (χ4n) is 2.10. The molecule has 1 aliphatic heterocycles. The molecule has 104 valence electrons. The van der Waals surface area contributed by atoms with Crippen LogP contribution in [0.15, 0.2) is 0 Å². The Morgan fingerprint density at radius 2 is 2.00 bits per heavy atom. The van der Waals surface area contributed by atoms with E-state index in [1.54, 1.807) is 0 Å². The lowest BCUT2D eigenvalue weighted by Crippen LogP contribution is -2.51. The Balaban J connectivity index is 2.49. The van der Waals surface area contributed by atoms with Crippen LogP contribution in [-0.2, 0) is 9.59 Å². The number of nitrogens with zero attached hydrogens (tertiary/aromatic N) is 1. The first-order valence-corrected chi connectivity index (χ1v) is 6.93. The van der Waals surface area contributed by atoms with Crippen LogP contribution in [0.4, 0.5) is 0 Å². The highest BCUT2D eigenvalue weighted by Crippen LogP contribution is 2.16. The Morgan fingerprint density at radius 3 is 2.56 bits per heavy atom. The van der Waals surface area contributed by atoms with E-state index < -0.39 is 0 Å². The molecule has 1 atom stereocenters. The molecule has 1 fully saturated rings. The van der Waals surface area contributed by atoms with Crippen LogP contribution in [0.3, 0.4) is 0 Å². The predicted molar refractivity (Wildman–Crippen MR) is 72.1 cm³/mol. The fraction of sp³-hybridized carbons (Fsp3) is 0.857. The molecule has 0 aromatic rings. The molecule has 0 radical (unpaired) electrons. The molecular formula is C14H26N2O2. The highest BCUT2D eigenvalue weighted by molar-refractivity contribution is 5.82. The second-order valence-corrected chi connectivity index (χ2v) is 6.15. The van der Waals surface area contributed by atoms with E-state index in [-0.39, 0.29) is 23.3 Å². The van der Waals surface area contributed by atoms with E-state index in [4.69, 9.17) is 0 Å². The van der Waals surface area contributed by atoms with Gasteiger partial charge in [-0.2, -0.15) is 0 Å². The van der Waals surface area contributed by atoms with E-state index in [2.05, 4.69) is 5.32 Å². The van der Waals surface area contributed by atoms with Gasteiger partial charge in [0.1, 0.15) is 0 Å². The van der Waals surface area contributed by atoms with Crippen molar-refractivity contribution in [3.63, 3.8) is 0 Å². The number of amides is 2. The first-order valence-electron chi connectivity index (χ1n) is 6.93. The van der Waals surface area contributed by atoms with Gasteiger partial charge in [-0.25, -0.2) is 0 Å². The van der Waals surface area contributed by atoms with Crippen molar-refractivity contribution in [2.45, 2.75) is 59.4 Å². The Hall–Kier alpha value is -1.06. The summed E-state index contributed by atoms with van der Waals surface area (Å²) in [6.07, 6.45) is 3.44. The molecule has 0 spiro atoms. The molecule has 0 aliphatic carbocycles. The summed E-state index contributed by atoms with van der Waals surface area (Å²) in [5, 5.41) is 3.05. The van der Waals surface area contributed by atoms with Gasteiger partial charge < -0.3 is 10.2 Å². The summed E-state index contributed by atoms with van der Waals surface area (Å²) in [4.78, 5) is 25.6. The average Bonchev–Trinajstić information content (AvgIpc) is 2.28. The third-order valence-electron chi connectivity index (χ3n) is 3.25. The molecule has 1 saturated heterocycles. The Labute approximate surface area is 110 Å². The van der Waals surface area contributed by atoms with Crippen LogP contribution in [-0.4, -0.2) is 35.8 Å². The van der Waals surface area contributed by atoms with Gasteiger partial charge in [0.05, 0.1) is 0 Å². The zero-order valence-corrected chi connectivity index (χ0v) is 12.1. The third-order valence-corrected chi connectivity index (χ3v) is 3.25. The maximum Gasteiger partial charge on any atom is 0.225 e. The summed E-state index contributed by atoms with van der Waals surface area (Å²) < 4.78 is 0. The van der Waals surface area contributed by atoms with Crippen LogP contribution in [0.25, 0.3) is 0 Å². The van der Waals surface area contributed by atoms with Crippen molar-refractivity contribution in [3.8, 4) is 0 Å². The van der Waals surface area contributed by atoms with Crippen LogP contribution < -0.4 is 5.32 Å². The molecule has 2 amide bonds. The molecule has 1 heterocycles. The Kier molecular flexibility index (Phi) is 5.17. The van der Waals surface area contributed by atoms with Crippen LogP contribution in [0, 0.1) is 5.41 Å². The van der Waals surface area contributed by atoms with Gasteiger partial charge in [-0.05, 0) is 19.3 Å². The van der Waals surface area contributed by atoms with Crippen molar-refractivity contribution in [2.24, 2.45) is 5.41 Å². The fourth-order valence-corrected chi connectivity index (χ4v) is 2.10. The molecule has 1 rings (SSSR count). The van der Waals surface area contributed by atoms with Gasteiger partial charge in [0.25, 0.3) is 0 Å². The lowest BCUT2D eigenvalue weighted by molar-refractivity contribution is -0.135. The van der Waals surface area contributed by atoms with Crippen molar-refractivity contribution in [1.29, 1.82) is 0 Å². The summed E-state index contributed by atoms with van der Waals surface area (Å²) >= 11 is 0. The summed E-state index contributed by atoms with van der Waals surface area (Å²) in [6.45, 7) is 9.24. The second-order valence-electron chi connectivity index (χ2n) is 6.15. The van der Waals surface area contributed by atoms with E-state index in [0.29, 0.717) is 13.0 Å². The number of nitrogens with one attached hydrogen (secondary N) is 1. The number of hydrogen-bond donors (Lipinski definition) is 1. The topological polar surface area (TPSA) is 49.4 Å². The summed E-state index contributed by atoms with van der Waals surface area (Å²) in [5.41, 5.74) is -0.365. The number of carbonyl (C=O) groups excluding carboxylic acids is 2. The maximum absolute atomic E-state index is 11.9. The van der Waals surface area contributed by atoms with Crippen LogP contribution >= 0.6 is 0 Å². The molecule has 4 nitrogen and oxygen atoms in total. The lowest BCUT2D eigenvalue weighted by Gasteiger charge is -2.34. The van der Waals surface area contributed by atoms with Gasteiger partial charge in [0.2, 0.25) is 11.8 Å². The zero-order chi connectivity index (χ0) is 13.8. The summed E-state index contributed by atoms with van der Waals surface area (Å²) in [5.74, 6) is 0.282. The van der Waals surface area contributed by atoms with Gasteiger partial charge in [0, 0.05) is 31.0 Å². The molecule has 1 aliphatic rings. The quantitative estimate of drug-likeness (QED) is 0.836. The highest BCUT2D eigenvalue weighted by Gasteiger charge is 2.28. The van der Waals surface area contributed by atoms with Crippen molar-refractivity contribution >= 4 is 11.8 Å². The molecule has 0 aromatic heterocycles. The molecule has 18 heavy (non-hydrogen) atoms. The molecule has 0 saturated carbocycles. The minimum atomic E-state index is -0.365. The number of rotatable bonds is 3. The standard InChI is InChI=1S/C14H26N2O2/c1-5-7-12(17)16-9-6-8-11(10-16)15-13(18)14(2,3)4/h11H,5-10H2,1-4H3,(H,15,18). The normalized spacial score (nSPS) is 20.7. The molecule has 1 N–H and O–H groups in total. The highest BCUT2D eigenvalue weighted by atomic mass is 16.2. The number of hydrogen-bond acceptors (Lipinski definition) is 2. The van der Waals surface area contributed by atoms with Crippen LogP contribution in [0.2, 0.25) is 0 Å². The van der Waals surface area contributed by atoms with Crippen LogP contribution in [0.5, 0.6) is 0 Å². The number of piperidine rings is 1. The van der Waals surface area contributed by atoms with Gasteiger partial charge >= 0.3 is 0 Å². The maximum atomic E-state index is 11.9. The van der Waals surface area contributed by atoms with E-state index in [1.807, 2.05) is 32.6 Å². The lowest BCUT2D eigenvalue weighted by atomic mass is 9.94. The minimum absolute atomic E-state index is 0.0669. The van der Waals surface area contributed by atoms with Gasteiger partial charge in [-0.3, -0.25) is 9.59 Å². The van der Waals surface area contributed by atoms with Crippen LogP contribution in [0.1, 0.15) is 53.4 Å². The van der Waals surface area contributed by atoms with Crippen molar-refractivity contribution < 1.29 is 9.59 Å². The van der Waals surface area contributed by atoms with Crippen molar-refractivity contribution in [3.05, 3.63) is 0 Å².